The third-order valence-corrected chi connectivity index (χ3v) is 3.22. The molecule has 1 aliphatic heterocycles. The number of nitrogens with zero attached hydrogens (tertiary/aromatic N) is 1. The maximum absolute atomic E-state index is 12.0. The summed E-state index contributed by atoms with van der Waals surface area (Å²) in [6.45, 7) is 4.50. The molecule has 1 heterocycles. The van der Waals surface area contributed by atoms with Crippen LogP contribution in [0.4, 0.5) is 0 Å². The molecule has 0 radical (unpaired) electrons. The van der Waals surface area contributed by atoms with Crippen LogP contribution in [0, 0.1) is 0 Å². The molecule has 5 heteroatoms. The van der Waals surface area contributed by atoms with Crippen LogP contribution < -0.4 is 10.1 Å². The first-order valence-corrected chi connectivity index (χ1v) is 6.43. The Hall–Kier alpha value is -1.26. The summed E-state index contributed by atoms with van der Waals surface area (Å²) in [7, 11) is 0. The van der Waals surface area contributed by atoms with E-state index >= 15 is 0 Å². The summed E-state index contributed by atoms with van der Waals surface area (Å²) >= 11 is 5.85. The Morgan fingerprint density at radius 3 is 3.17 bits per heavy atom. The fourth-order valence-corrected chi connectivity index (χ4v) is 2.18. The van der Waals surface area contributed by atoms with Gasteiger partial charge in [0.2, 0.25) is 0 Å². The molecule has 1 amide bonds. The zero-order chi connectivity index (χ0) is 13.0. The highest BCUT2D eigenvalue weighted by atomic mass is 35.5. The number of amides is 1. The SMILES string of the molecule is CC1CNCCN1C(=O)COc1cccc(Cl)c1. The summed E-state index contributed by atoms with van der Waals surface area (Å²) in [6.07, 6.45) is 0. The largest absolute Gasteiger partial charge is 0.484 e. The van der Waals surface area contributed by atoms with Gasteiger partial charge < -0.3 is 15.0 Å². The van der Waals surface area contributed by atoms with E-state index in [1.54, 1.807) is 24.3 Å². The lowest BCUT2D eigenvalue weighted by Crippen LogP contribution is -2.53. The zero-order valence-corrected chi connectivity index (χ0v) is 11.1. The van der Waals surface area contributed by atoms with E-state index in [4.69, 9.17) is 16.3 Å². The van der Waals surface area contributed by atoms with Crippen LogP contribution in [0.25, 0.3) is 0 Å². The number of hydrogen-bond acceptors (Lipinski definition) is 3. The van der Waals surface area contributed by atoms with E-state index in [0.717, 1.165) is 19.6 Å². The smallest absolute Gasteiger partial charge is 0.260 e. The molecule has 0 spiro atoms. The first kappa shape index (κ1) is 13.2. The van der Waals surface area contributed by atoms with E-state index in [1.807, 2.05) is 11.8 Å². The van der Waals surface area contributed by atoms with Gasteiger partial charge in [0, 0.05) is 30.7 Å². The van der Waals surface area contributed by atoms with Crippen molar-refractivity contribution in [1.82, 2.24) is 10.2 Å². The predicted molar refractivity (Wildman–Crippen MR) is 71.0 cm³/mol. The molecule has 1 aliphatic rings. The maximum Gasteiger partial charge on any atom is 0.260 e. The lowest BCUT2D eigenvalue weighted by Gasteiger charge is -2.33. The van der Waals surface area contributed by atoms with Gasteiger partial charge in [-0.1, -0.05) is 17.7 Å². The van der Waals surface area contributed by atoms with Crippen LogP contribution in [0.1, 0.15) is 6.92 Å². The highest BCUT2D eigenvalue weighted by Crippen LogP contribution is 2.17. The van der Waals surface area contributed by atoms with Crippen molar-refractivity contribution in [2.45, 2.75) is 13.0 Å². The van der Waals surface area contributed by atoms with Gasteiger partial charge in [-0.3, -0.25) is 4.79 Å². The molecule has 0 saturated carbocycles. The molecule has 1 aromatic rings. The number of ether oxygens (including phenoxy) is 1. The van der Waals surface area contributed by atoms with Crippen LogP contribution in [0.15, 0.2) is 24.3 Å². The molecule has 4 nitrogen and oxygen atoms in total. The molecule has 1 unspecified atom stereocenters. The highest BCUT2D eigenvalue weighted by Gasteiger charge is 2.22. The van der Waals surface area contributed by atoms with Crippen molar-refractivity contribution >= 4 is 17.5 Å². The molecule has 0 aliphatic carbocycles. The second-order valence-corrected chi connectivity index (χ2v) is 4.82. The van der Waals surface area contributed by atoms with Gasteiger partial charge in [0.1, 0.15) is 5.75 Å². The second kappa shape index (κ2) is 6.07. The molecule has 1 saturated heterocycles. The van der Waals surface area contributed by atoms with Crippen molar-refractivity contribution in [3.63, 3.8) is 0 Å². The summed E-state index contributed by atoms with van der Waals surface area (Å²) in [5.74, 6) is 0.641. The van der Waals surface area contributed by atoms with Gasteiger partial charge in [0.25, 0.3) is 5.91 Å². The van der Waals surface area contributed by atoms with Crippen LogP contribution in [0.3, 0.4) is 0 Å². The third kappa shape index (κ3) is 3.37. The zero-order valence-electron chi connectivity index (χ0n) is 10.4. The Morgan fingerprint density at radius 2 is 2.44 bits per heavy atom. The Bertz CT molecular complexity index is 425. The van der Waals surface area contributed by atoms with Gasteiger partial charge in [0.05, 0.1) is 0 Å². The summed E-state index contributed by atoms with van der Waals surface area (Å²) in [5, 5.41) is 3.86. The van der Waals surface area contributed by atoms with Gasteiger partial charge >= 0.3 is 0 Å². The molecule has 1 atom stereocenters. The molecule has 1 N–H and O–H groups in total. The number of benzene rings is 1. The summed E-state index contributed by atoms with van der Waals surface area (Å²) in [6, 6.07) is 7.29. The van der Waals surface area contributed by atoms with E-state index in [1.165, 1.54) is 0 Å². The molecule has 98 valence electrons. The standard InChI is InChI=1S/C13H17ClN2O2/c1-10-8-15-5-6-16(10)13(17)9-18-12-4-2-3-11(14)7-12/h2-4,7,10,15H,5-6,8-9H2,1H3. The molecular weight excluding hydrogens is 252 g/mol. The molecule has 2 rings (SSSR count). The Morgan fingerprint density at radius 1 is 1.61 bits per heavy atom. The number of halogens is 1. The topological polar surface area (TPSA) is 41.6 Å². The Labute approximate surface area is 112 Å². The van der Waals surface area contributed by atoms with Crippen molar-refractivity contribution in [2.24, 2.45) is 0 Å². The van der Waals surface area contributed by atoms with Gasteiger partial charge in [0.15, 0.2) is 6.61 Å². The lowest BCUT2D eigenvalue weighted by molar-refractivity contribution is -0.136. The van der Waals surface area contributed by atoms with Crippen LogP contribution >= 0.6 is 11.6 Å². The number of carbonyl (C=O) groups excluding carboxylic acids is 1. The highest BCUT2D eigenvalue weighted by molar-refractivity contribution is 6.30. The minimum absolute atomic E-state index is 0.0176. The minimum atomic E-state index is 0.0176. The molecule has 0 aromatic heterocycles. The van der Waals surface area contributed by atoms with Crippen molar-refractivity contribution in [3.8, 4) is 5.75 Å². The third-order valence-electron chi connectivity index (χ3n) is 2.98. The maximum atomic E-state index is 12.0. The van der Waals surface area contributed by atoms with E-state index in [-0.39, 0.29) is 18.6 Å². The van der Waals surface area contributed by atoms with E-state index in [0.29, 0.717) is 10.8 Å². The minimum Gasteiger partial charge on any atom is -0.484 e. The number of rotatable bonds is 3. The van der Waals surface area contributed by atoms with Gasteiger partial charge in [-0.05, 0) is 25.1 Å². The average Bonchev–Trinajstić information content (AvgIpc) is 2.37. The van der Waals surface area contributed by atoms with E-state index in [9.17, 15) is 4.79 Å². The lowest BCUT2D eigenvalue weighted by atomic mass is 10.2. The first-order valence-electron chi connectivity index (χ1n) is 6.05. The molecule has 1 aromatic carbocycles. The van der Waals surface area contributed by atoms with Crippen LogP contribution in [0.5, 0.6) is 5.75 Å². The first-order chi connectivity index (χ1) is 8.66. The fraction of sp³-hybridized carbons (Fsp3) is 0.462. The monoisotopic (exact) mass is 268 g/mol. The van der Waals surface area contributed by atoms with Gasteiger partial charge in [-0.2, -0.15) is 0 Å². The van der Waals surface area contributed by atoms with E-state index < -0.39 is 0 Å². The molecular formula is C13H17ClN2O2. The Kier molecular flexibility index (Phi) is 4.44. The summed E-state index contributed by atoms with van der Waals surface area (Å²) in [5.41, 5.74) is 0. The fourth-order valence-electron chi connectivity index (χ4n) is 2.00. The summed E-state index contributed by atoms with van der Waals surface area (Å²) < 4.78 is 5.45. The average molecular weight is 269 g/mol. The van der Waals surface area contributed by atoms with Crippen molar-refractivity contribution in [2.75, 3.05) is 26.2 Å². The number of piperazine rings is 1. The number of hydrogen-bond donors (Lipinski definition) is 1. The van der Waals surface area contributed by atoms with Crippen molar-refractivity contribution in [3.05, 3.63) is 29.3 Å². The summed E-state index contributed by atoms with van der Waals surface area (Å²) in [4.78, 5) is 13.9. The normalized spacial score (nSPS) is 19.7. The Balaban J connectivity index is 1.88. The van der Waals surface area contributed by atoms with Gasteiger partial charge in [-0.15, -0.1) is 0 Å². The second-order valence-electron chi connectivity index (χ2n) is 4.39. The van der Waals surface area contributed by atoms with E-state index in [2.05, 4.69) is 5.32 Å². The van der Waals surface area contributed by atoms with Crippen molar-refractivity contribution in [1.29, 1.82) is 0 Å². The number of carbonyl (C=O) groups is 1. The van der Waals surface area contributed by atoms with Crippen molar-refractivity contribution < 1.29 is 9.53 Å². The van der Waals surface area contributed by atoms with Crippen LogP contribution in [-0.4, -0.2) is 43.1 Å². The quantitative estimate of drug-likeness (QED) is 0.904. The predicted octanol–water partition coefficient (Wildman–Crippen LogP) is 1.54. The van der Waals surface area contributed by atoms with Crippen LogP contribution in [-0.2, 0) is 4.79 Å². The van der Waals surface area contributed by atoms with Gasteiger partial charge in [-0.25, -0.2) is 0 Å². The van der Waals surface area contributed by atoms with Crippen LogP contribution in [0.2, 0.25) is 5.02 Å². The molecule has 1 fully saturated rings. The molecule has 0 bridgehead atoms. The number of nitrogens with one attached hydrogen (secondary N) is 1. The molecule has 18 heavy (non-hydrogen) atoms.